The van der Waals surface area contributed by atoms with Gasteiger partial charge in [-0.1, -0.05) is 6.92 Å². The van der Waals surface area contributed by atoms with Gasteiger partial charge in [0.15, 0.2) is 0 Å². The van der Waals surface area contributed by atoms with Gasteiger partial charge in [-0.15, -0.1) is 0 Å². The minimum Gasteiger partial charge on any atom is -0.497 e. The van der Waals surface area contributed by atoms with E-state index >= 15 is 0 Å². The lowest BCUT2D eigenvalue weighted by molar-refractivity contribution is 0.223. The Labute approximate surface area is 97.6 Å². The van der Waals surface area contributed by atoms with E-state index in [1.165, 1.54) is 25.1 Å². The monoisotopic (exact) mass is 220 g/mol. The summed E-state index contributed by atoms with van der Waals surface area (Å²) in [5.41, 5.74) is 1.27. The number of methoxy groups -OCH3 is 1. The Morgan fingerprint density at radius 2 is 1.81 bits per heavy atom. The molecule has 1 aromatic rings. The Morgan fingerprint density at radius 1 is 1.12 bits per heavy atom. The predicted molar refractivity (Wildman–Crippen MR) is 66.8 cm³/mol. The van der Waals surface area contributed by atoms with Gasteiger partial charge >= 0.3 is 0 Å². The summed E-state index contributed by atoms with van der Waals surface area (Å²) in [6.07, 6.45) is 2.59. The van der Waals surface area contributed by atoms with Gasteiger partial charge in [-0.2, -0.15) is 0 Å². The first kappa shape index (κ1) is 11.3. The molecule has 1 heterocycles. The summed E-state index contributed by atoms with van der Waals surface area (Å²) < 4.78 is 5.18. The molecular weight excluding hydrogens is 200 g/mol. The van der Waals surface area contributed by atoms with E-state index in [0.29, 0.717) is 0 Å². The van der Waals surface area contributed by atoms with Crippen molar-refractivity contribution in [1.29, 1.82) is 0 Å². The second-order valence-corrected chi connectivity index (χ2v) is 4.07. The number of ether oxygens (including phenoxy) is 1. The summed E-state index contributed by atoms with van der Waals surface area (Å²) in [6, 6.07) is 8.31. The van der Waals surface area contributed by atoms with Gasteiger partial charge in [-0.05, 0) is 37.1 Å². The fraction of sp³-hybridized carbons (Fsp3) is 0.538. The van der Waals surface area contributed by atoms with Crippen molar-refractivity contribution in [2.75, 3.05) is 31.8 Å². The second kappa shape index (κ2) is 5.21. The number of nitrogens with zero attached hydrogens (tertiary/aromatic N) is 2. The molecule has 0 N–H and O–H groups in total. The van der Waals surface area contributed by atoms with E-state index < -0.39 is 0 Å². The molecular formula is C13H20N2O. The first-order chi connectivity index (χ1) is 7.85. The van der Waals surface area contributed by atoms with Gasteiger partial charge in [-0.25, -0.2) is 5.01 Å². The molecule has 16 heavy (non-hydrogen) atoms. The average Bonchev–Trinajstić information content (AvgIpc) is 2.39. The molecule has 3 heteroatoms. The van der Waals surface area contributed by atoms with Crippen molar-refractivity contribution >= 4 is 5.69 Å². The van der Waals surface area contributed by atoms with Crippen LogP contribution in [0.1, 0.15) is 19.8 Å². The zero-order chi connectivity index (χ0) is 11.4. The maximum atomic E-state index is 5.18. The van der Waals surface area contributed by atoms with Crippen LogP contribution in [0.5, 0.6) is 5.75 Å². The fourth-order valence-corrected chi connectivity index (χ4v) is 2.19. The zero-order valence-electron chi connectivity index (χ0n) is 10.1. The molecule has 0 unspecified atom stereocenters. The molecule has 88 valence electrons. The van der Waals surface area contributed by atoms with Crippen LogP contribution in [0.3, 0.4) is 0 Å². The molecule has 3 nitrogen and oxygen atoms in total. The normalized spacial score (nSPS) is 17.5. The molecule has 0 radical (unpaired) electrons. The maximum absolute atomic E-state index is 5.18. The van der Waals surface area contributed by atoms with Crippen LogP contribution in [0.25, 0.3) is 0 Å². The molecule has 0 saturated carbocycles. The standard InChI is InChI=1S/C13H20N2O/c1-3-14-10-4-5-11-15(14)12-6-8-13(16-2)9-7-12/h6-9H,3-5,10-11H2,1-2H3. The maximum Gasteiger partial charge on any atom is 0.119 e. The quantitative estimate of drug-likeness (QED) is 0.778. The van der Waals surface area contributed by atoms with E-state index in [-0.39, 0.29) is 0 Å². The van der Waals surface area contributed by atoms with Crippen molar-refractivity contribution in [1.82, 2.24) is 5.01 Å². The Morgan fingerprint density at radius 3 is 2.44 bits per heavy atom. The molecule has 0 aliphatic carbocycles. The third kappa shape index (κ3) is 2.30. The lowest BCUT2D eigenvalue weighted by Gasteiger charge is -2.39. The van der Waals surface area contributed by atoms with E-state index in [1.54, 1.807) is 7.11 Å². The minimum absolute atomic E-state index is 0.920. The number of rotatable bonds is 3. The van der Waals surface area contributed by atoms with Crippen LogP contribution in [0, 0.1) is 0 Å². The molecule has 1 aromatic carbocycles. The van der Waals surface area contributed by atoms with Gasteiger partial charge < -0.3 is 9.75 Å². The first-order valence-corrected chi connectivity index (χ1v) is 6.01. The molecule has 0 amide bonds. The lowest BCUT2D eigenvalue weighted by Crippen LogP contribution is -2.47. The first-order valence-electron chi connectivity index (χ1n) is 6.01. The molecule has 0 bridgehead atoms. The highest BCUT2D eigenvalue weighted by atomic mass is 16.5. The molecule has 2 rings (SSSR count). The highest BCUT2D eigenvalue weighted by Crippen LogP contribution is 2.23. The predicted octanol–water partition coefficient (Wildman–Crippen LogP) is 2.53. The molecule has 1 aliphatic heterocycles. The van der Waals surface area contributed by atoms with Gasteiger partial charge in [0.25, 0.3) is 0 Å². The molecule has 0 atom stereocenters. The molecule has 0 aromatic heterocycles. The smallest absolute Gasteiger partial charge is 0.119 e. The van der Waals surface area contributed by atoms with Crippen LogP contribution in [-0.2, 0) is 0 Å². The van der Waals surface area contributed by atoms with E-state index in [4.69, 9.17) is 4.74 Å². The Kier molecular flexibility index (Phi) is 3.67. The molecule has 0 spiro atoms. The van der Waals surface area contributed by atoms with Crippen molar-refractivity contribution in [3.8, 4) is 5.75 Å². The van der Waals surface area contributed by atoms with Crippen molar-refractivity contribution in [3.05, 3.63) is 24.3 Å². The zero-order valence-corrected chi connectivity index (χ0v) is 10.1. The van der Waals surface area contributed by atoms with Crippen molar-refractivity contribution in [2.45, 2.75) is 19.8 Å². The number of hydrazine groups is 1. The van der Waals surface area contributed by atoms with Crippen LogP contribution in [0.2, 0.25) is 0 Å². The number of benzene rings is 1. The number of anilines is 1. The Balaban J connectivity index is 2.14. The van der Waals surface area contributed by atoms with Gasteiger partial charge in [0.2, 0.25) is 0 Å². The second-order valence-electron chi connectivity index (χ2n) is 4.07. The van der Waals surface area contributed by atoms with Crippen LogP contribution in [-0.4, -0.2) is 31.8 Å². The molecule has 1 saturated heterocycles. The van der Waals surface area contributed by atoms with Crippen molar-refractivity contribution in [2.24, 2.45) is 0 Å². The summed E-state index contributed by atoms with van der Waals surface area (Å²) in [6.45, 7) is 5.58. The SMILES string of the molecule is CCN1CCCCN1c1ccc(OC)cc1. The van der Waals surface area contributed by atoms with Gasteiger partial charge in [-0.3, -0.25) is 0 Å². The van der Waals surface area contributed by atoms with Gasteiger partial charge in [0, 0.05) is 19.6 Å². The van der Waals surface area contributed by atoms with E-state index in [0.717, 1.165) is 18.8 Å². The summed E-state index contributed by atoms with van der Waals surface area (Å²) in [5, 5.41) is 4.79. The van der Waals surface area contributed by atoms with E-state index in [9.17, 15) is 0 Å². The highest BCUT2D eigenvalue weighted by molar-refractivity contribution is 5.48. The largest absolute Gasteiger partial charge is 0.497 e. The summed E-state index contributed by atoms with van der Waals surface area (Å²) in [4.78, 5) is 0. The fourth-order valence-electron chi connectivity index (χ4n) is 2.19. The van der Waals surface area contributed by atoms with Crippen LogP contribution in [0.15, 0.2) is 24.3 Å². The van der Waals surface area contributed by atoms with E-state index in [1.807, 2.05) is 12.1 Å². The molecule has 1 fully saturated rings. The summed E-state index contributed by atoms with van der Waals surface area (Å²) >= 11 is 0. The molecule has 1 aliphatic rings. The highest BCUT2D eigenvalue weighted by Gasteiger charge is 2.18. The van der Waals surface area contributed by atoms with Gasteiger partial charge in [0.05, 0.1) is 12.8 Å². The lowest BCUT2D eigenvalue weighted by atomic mass is 10.2. The van der Waals surface area contributed by atoms with Crippen LogP contribution in [0.4, 0.5) is 5.69 Å². The summed E-state index contributed by atoms with van der Waals surface area (Å²) in [5.74, 6) is 0.920. The minimum atomic E-state index is 0.920. The van der Waals surface area contributed by atoms with Crippen molar-refractivity contribution < 1.29 is 4.74 Å². The van der Waals surface area contributed by atoms with E-state index in [2.05, 4.69) is 29.1 Å². The summed E-state index contributed by atoms with van der Waals surface area (Å²) in [7, 11) is 1.70. The van der Waals surface area contributed by atoms with Crippen LogP contribution < -0.4 is 9.75 Å². The van der Waals surface area contributed by atoms with Crippen molar-refractivity contribution in [3.63, 3.8) is 0 Å². The van der Waals surface area contributed by atoms with Crippen LogP contribution >= 0.6 is 0 Å². The number of hydrogen-bond acceptors (Lipinski definition) is 3. The third-order valence-electron chi connectivity index (χ3n) is 3.11. The third-order valence-corrected chi connectivity index (χ3v) is 3.11. The number of hydrogen-bond donors (Lipinski definition) is 0. The Bertz CT molecular complexity index is 323. The topological polar surface area (TPSA) is 15.7 Å². The average molecular weight is 220 g/mol. The van der Waals surface area contributed by atoms with Gasteiger partial charge in [0.1, 0.15) is 5.75 Å². The Hall–Kier alpha value is -1.22.